The van der Waals surface area contributed by atoms with Crippen molar-refractivity contribution in [2.24, 2.45) is 0 Å². The molecular weight excluding hydrogens is 356 g/mol. The van der Waals surface area contributed by atoms with Crippen LogP contribution in [0.3, 0.4) is 0 Å². The zero-order valence-corrected chi connectivity index (χ0v) is 17.1. The highest BCUT2D eigenvalue weighted by Gasteiger charge is 2.46. The fourth-order valence-electron chi connectivity index (χ4n) is 4.06. The number of hydrogen-bond acceptors (Lipinski definition) is 6. The Morgan fingerprint density at radius 1 is 1.25 bits per heavy atom. The van der Waals surface area contributed by atoms with Gasteiger partial charge < -0.3 is 9.57 Å². The van der Waals surface area contributed by atoms with Crippen LogP contribution >= 0.6 is 0 Å². The summed E-state index contributed by atoms with van der Waals surface area (Å²) in [7, 11) is 1.64. The van der Waals surface area contributed by atoms with Gasteiger partial charge in [0.1, 0.15) is 5.54 Å². The summed E-state index contributed by atoms with van der Waals surface area (Å²) in [5, 5.41) is 15.8. The van der Waals surface area contributed by atoms with E-state index in [1.807, 2.05) is 30.0 Å². The molecule has 1 aromatic carbocycles. The number of ether oxygens (including phenoxy) is 1. The van der Waals surface area contributed by atoms with E-state index in [0.29, 0.717) is 58.7 Å². The Morgan fingerprint density at radius 3 is 2.54 bits per heavy atom. The van der Waals surface area contributed by atoms with Gasteiger partial charge in [0.2, 0.25) is 5.91 Å². The number of nitriles is 1. The fraction of sp³-hybridized carbons (Fsp3) is 0.619. The summed E-state index contributed by atoms with van der Waals surface area (Å²) in [6.07, 6.45) is 1.42. The van der Waals surface area contributed by atoms with Gasteiger partial charge in [-0.25, -0.2) is 5.01 Å². The summed E-state index contributed by atoms with van der Waals surface area (Å²) in [6.45, 7) is 7.69. The van der Waals surface area contributed by atoms with Crippen LogP contribution in [0.25, 0.3) is 0 Å². The van der Waals surface area contributed by atoms with Crippen molar-refractivity contribution < 1.29 is 14.4 Å². The Morgan fingerprint density at radius 2 is 1.93 bits per heavy atom. The third-order valence-corrected chi connectivity index (χ3v) is 5.77. The van der Waals surface area contributed by atoms with E-state index in [1.54, 1.807) is 12.1 Å². The van der Waals surface area contributed by atoms with Crippen LogP contribution in [0, 0.1) is 25.2 Å². The lowest BCUT2D eigenvalue weighted by atomic mass is 9.88. The molecular formula is C21H30N4O3. The molecule has 3 rings (SSSR count). The number of benzene rings is 1. The number of carbonyl (C=O) groups excluding carboxylic acids is 1. The number of hydrogen-bond donors (Lipinski definition) is 0. The number of amides is 1. The lowest BCUT2D eigenvalue weighted by molar-refractivity contribution is -0.195. The Bertz CT molecular complexity index is 732. The number of hydrazine groups is 1. The van der Waals surface area contributed by atoms with Crippen LogP contribution in [0.15, 0.2) is 18.2 Å². The number of carbonyl (C=O) groups is 1. The van der Waals surface area contributed by atoms with E-state index in [2.05, 4.69) is 18.2 Å². The van der Waals surface area contributed by atoms with Gasteiger partial charge in [-0.3, -0.25) is 9.80 Å². The van der Waals surface area contributed by atoms with E-state index in [-0.39, 0.29) is 5.91 Å². The molecule has 7 nitrogen and oxygen atoms in total. The van der Waals surface area contributed by atoms with Crippen LogP contribution in [0.1, 0.15) is 29.5 Å². The fourth-order valence-corrected chi connectivity index (χ4v) is 4.06. The molecule has 2 aliphatic heterocycles. The standard InChI is InChI=1S/C21H30N4O3/c1-17-4-5-18(2)19(14-17)15-20(26)25(23-10-12-28-13-11-23)21(16-22)6-8-24(27-3)9-7-21/h4-5,14H,6-13,15H2,1-3H3. The molecule has 2 fully saturated rings. The zero-order valence-electron chi connectivity index (χ0n) is 17.1. The second kappa shape index (κ2) is 9.01. The van der Waals surface area contributed by atoms with Crippen molar-refractivity contribution in [2.45, 2.75) is 38.6 Å². The Kier molecular flexibility index (Phi) is 6.68. The van der Waals surface area contributed by atoms with Crippen molar-refractivity contribution in [3.05, 3.63) is 34.9 Å². The summed E-state index contributed by atoms with van der Waals surface area (Å²) in [4.78, 5) is 18.9. The first-order chi connectivity index (χ1) is 13.5. The number of nitrogens with zero attached hydrogens (tertiary/aromatic N) is 4. The number of rotatable bonds is 5. The number of morpholine rings is 1. The molecule has 0 bridgehead atoms. The molecule has 2 aliphatic rings. The van der Waals surface area contributed by atoms with Gasteiger partial charge in [-0.1, -0.05) is 23.8 Å². The molecule has 0 aromatic heterocycles. The first-order valence-corrected chi connectivity index (χ1v) is 9.91. The van der Waals surface area contributed by atoms with Gasteiger partial charge in [-0.2, -0.15) is 10.3 Å². The highest BCUT2D eigenvalue weighted by molar-refractivity contribution is 5.80. The third kappa shape index (κ3) is 4.36. The molecule has 0 spiro atoms. The largest absolute Gasteiger partial charge is 0.379 e. The summed E-state index contributed by atoms with van der Waals surface area (Å²) < 4.78 is 5.48. The molecule has 2 heterocycles. The maximum atomic E-state index is 13.5. The van der Waals surface area contributed by atoms with Crippen LogP contribution in [0.2, 0.25) is 0 Å². The zero-order chi connectivity index (χ0) is 20.1. The minimum absolute atomic E-state index is 0.0250. The predicted molar refractivity (Wildman–Crippen MR) is 105 cm³/mol. The highest BCUT2D eigenvalue weighted by atomic mass is 16.7. The molecule has 28 heavy (non-hydrogen) atoms. The van der Waals surface area contributed by atoms with Gasteiger partial charge >= 0.3 is 0 Å². The van der Waals surface area contributed by atoms with Crippen molar-refractivity contribution in [3.8, 4) is 6.07 Å². The van der Waals surface area contributed by atoms with Crippen LogP contribution in [0.4, 0.5) is 0 Å². The van der Waals surface area contributed by atoms with Crippen LogP contribution < -0.4 is 0 Å². The minimum Gasteiger partial charge on any atom is -0.379 e. The maximum absolute atomic E-state index is 13.5. The average Bonchev–Trinajstić information content (AvgIpc) is 2.72. The SMILES string of the molecule is CON1CCC(C#N)(N(C(=O)Cc2cc(C)ccc2C)N2CCOCC2)CC1. The number of hydroxylamine groups is 2. The van der Waals surface area contributed by atoms with Crippen LogP contribution in [-0.2, 0) is 20.8 Å². The normalized spacial score (nSPS) is 20.5. The van der Waals surface area contributed by atoms with Crippen molar-refractivity contribution in [3.63, 3.8) is 0 Å². The van der Waals surface area contributed by atoms with E-state index >= 15 is 0 Å². The topological polar surface area (TPSA) is 69.0 Å². The summed E-state index contributed by atoms with van der Waals surface area (Å²) >= 11 is 0. The summed E-state index contributed by atoms with van der Waals surface area (Å²) in [6, 6.07) is 8.66. The molecule has 0 saturated carbocycles. The second-order valence-corrected chi connectivity index (χ2v) is 7.63. The van der Waals surface area contributed by atoms with E-state index in [9.17, 15) is 10.1 Å². The summed E-state index contributed by atoms with van der Waals surface area (Å²) in [5.41, 5.74) is 2.41. The smallest absolute Gasteiger partial charge is 0.242 e. The molecule has 152 valence electrons. The van der Waals surface area contributed by atoms with E-state index in [1.165, 1.54) is 0 Å². The van der Waals surface area contributed by atoms with Gasteiger partial charge in [-0.15, -0.1) is 0 Å². The highest BCUT2D eigenvalue weighted by Crippen LogP contribution is 2.31. The molecule has 1 aromatic rings. The summed E-state index contributed by atoms with van der Waals surface area (Å²) in [5.74, 6) is -0.0250. The molecule has 0 N–H and O–H groups in total. The van der Waals surface area contributed by atoms with Gasteiger partial charge in [0.25, 0.3) is 0 Å². The lowest BCUT2D eigenvalue weighted by Crippen LogP contribution is -2.64. The Labute approximate surface area is 167 Å². The van der Waals surface area contributed by atoms with Crippen LogP contribution in [0.5, 0.6) is 0 Å². The molecule has 0 radical (unpaired) electrons. The van der Waals surface area contributed by atoms with E-state index in [4.69, 9.17) is 9.57 Å². The molecule has 0 aliphatic carbocycles. The van der Waals surface area contributed by atoms with Gasteiger partial charge in [-0.05, 0) is 25.0 Å². The number of piperidine rings is 1. The van der Waals surface area contributed by atoms with Gasteiger partial charge in [0, 0.05) is 39.0 Å². The Balaban J connectivity index is 1.89. The molecule has 2 saturated heterocycles. The predicted octanol–water partition coefficient (Wildman–Crippen LogP) is 1.84. The Hall–Kier alpha value is -1.98. The van der Waals surface area contributed by atoms with Crippen molar-refractivity contribution in [1.82, 2.24) is 15.1 Å². The lowest BCUT2D eigenvalue weighted by Gasteiger charge is -2.49. The number of aryl methyl sites for hydroxylation is 2. The first kappa shape index (κ1) is 20.7. The second-order valence-electron chi connectivity index (χ2n) is 7.63. The third-order valence-electron chi connectivity index (χ3n) is 5.77. The molecule has 7 heteroatoms. The van der Waals surface area contributed by atoms with Crippen molar-refractivity contribution in [2.75, 3.05) is 46.5 Å². The first-order valence-electron chi connectivity index (χ1n) is 9.91. The average molecular weight is 386 g/mol. The van der Waals surface area contributed by atoms with E-state index in [0.717, 1.165) is 16.7 Å². The van der Waals surface area contributed by atoms with E-state index < -0.39 is 5.54 Å². The molecule has 0 atom stereocenters. The monoisotopic (exact) mass is 386 g/mol. The van der Waals surface area contributed by atoms with Gasteiger partial charge in [0.15, 0.2) is 0 Å². The molecule has 1 amide bonds. The molecule has 0 unspecified atom stereocenters. The maximum Gasteiger partial charge on any atom is 0.242 e. The van der Waals surface area contributed by atoms with Crippen molar-refractivity contribution >= 4 is 5.91 Å². The minimum atomic E-state index is -0.846. The quantitative estimate of drug-likeness (QED) is 0.769. The van der Waals surface area contributed by atoms with Crippen molar-refractivity contribution in [1.29, 1.82) is 5.26 Å². The van der Waals surface area contributed by atoms with Crippen LogP contribution in [-0.4, -0.2) is 73.0 Å². The van der Waals surface area contributed by atoms with Gasteiger partial charge in [0.05, 0.1) is 32.8 Å².